The van der Waals surface area contributed by atoms with E-state index >= 15 is 0 Å². The molecule has 0 spiro atoms. The Kier molecular flexibility index (Phi) is 7.98. The molecule has 41 heavy (non-hydrogen) atoms. The monoisotopic (exact) mass is 572 g/mol. The Morgan fingerprint density at radius 2 is 1.85 bits per heavy atom. The van der Waals surface area contributed by atoms with Crippen molar-refractivity contribution in [3.05, 3.63) is 76.7 Å². The number of aliphatic hydroxyl groups is 1. The number of nitrogens with one attached hydrogen (secondary N) is 1. The number of halogens is 4. The normalized spacial score (nSPS) is 15.0. The summed E-state index contributed by atoms with van der Waals surface area (Å²) >= 11 is 0. The maximum atomic E-state index is 14.5. The van der Waals surface area contributed by atoms with E-state index in [1.54, 1.807) is 19.9 Å². The molecule has 3 aromatic rings. The van der Waals surface area contributed by atoms with Crippen molar-refractivity contribution in [1.29, 1.82) is 5.26 Å². The van der Waals surface area contributed by atoms with Crippen molar-refractivity contribution in [1.82, 2.24) is 10.3 Å². The van der Waals surface area contributed by atoms with E-state index in [-0.39, 0.29) is 39.8 Å². The molecule has 216 valence electrons. The third-order valence-electron chi connectivity index (χ3n) is 6.59. The SMILES string of the molecule is COc1cc(C(=O)NCC(O)(c2cc(C(C)(C)N)cc(-c3ccc(F)c(C#N)c3)n2)C(F)(F)F)ccc1OC1CC1. The number of rotatable bonds is 9. The number of benzene rings is 2. The molecule has 1 fully saturated rings. The second-order valence-electron chi connectivity index (χ2n) is 10.4. The number of ether oxygens (including phenoxy) is 2. The van der Waals surface area contributed by atoms with Crippen LogP contribution in [0.25, 0.3) is 11.3 Å². The molecule has 1 unspecified atom stereocenters. The molecule has 12 heteroatoms. The minimum absolute atomic E-state index is 0.0182. The van der Waals surface area contributed by atoms with Crippen LogP contribution >= 0.6 is 0 Å². The minimum Gasteiger partial charge on any atom is -0.493 e. The van der Waals surface area contributed by atoms with Gasteiger partial charge >= 0.3 is 6.18 Å². The van der Waals surface area contributed by atoms with Crippen LogP contribution in [0.2, 0.25) is 0 Å². The van der Waals surface area contributed by atoms with Crippen molar-refractivity contribution in [2.45, 2.75) is 50.1 Å². The highest BCUT2D eigenvalue weighted by atomic mass is 19.4. The Morgan fingerprint density at radius 3 is 2.44 bits per heavy atom. The summed E-state index contributed by atoms with van der Waals surface area (Å²) in [4.78, 5) is 16.9. The van der Waals surface area contributed by atoms with Crippen LogP contribution in [0.4, 0.5) is 17.6 Å². The van der Waals surface area contributed by atoms with Crippen LogP contribution in [0.1, 0.15) is 53.9 Å². The van der Waals surface area contributed by atoms with Gasteiger partial charge in [0.1, 0.15) is 11.9 Å². The molecule has 4 rings (SSSR count). The molecule has 1 atom stereocenters. The summed E-state index contributed by atoms with van der Waals surface area (Å²) in [6.07, 6.45) is -3.46. The van der Waals surface area contributed by atoms with Crippen molar-refractivity contribution < 1.29 is 36.9 Å². The quantitative estimate of drug-likeness (QED) is 0.317. The van der Waals surface area contributed by atoms with Crippen molar-refractivity contribution in [2.24, 2.45) is 5.73 Å². The molecule has 1 aliphatic carbocycles. The Bertz CT molecular complexity index is 1510. The molecule has 1 heterocycles. The average Bonchev–Trinajstić information content (AvgIpc) is 3.74. The fourth-order valence-electron chi connectivity index (χ4n) is 3.95. The standard InChI is InChI=1S/C29H28F4N4O4/c1-27(2,35)19-12-22(16-4-8-21(30)18(10-16)14-34)37-25(13-19)28(39,29(31,32)33)15-36-26(38)17-5-9-23(24(11-17)40-3)41-20-6-7-20/h4-5,8-13,20,39H,6-7,15,35H2,1-3H3,(H,36,38). The van der Waals surface area contributed by atoms with Crippen molar-refractivity contribution in [3.63, 3.8) is 0 Å². The van der Waals surface area contributed by atoms with E-state index in [4.69, 9.17) is 15.2 Å². The lowest BCUT2D eigenvalue weighted by molar-refractivity contribution is -0.265. The molecule has 2 aromatic carbocycles. The second-order valence-corrected chi connectivity index (χ2v) is 10.4. The molecule has 0 aliphatic heterocycles. The van der Waals surface area contributed by atoms with E-state index < -0.39 is 41.3 Å². The van der Waals surface area contributed by atoms with Gasteiger partial charge in [0.2, 0.25) is 5.60 Å². The molecule has 0 radical (unpaired) electrons. The van der Waals surface area contributed by atoms with Gasteiger partial charge in [0.15, 0.2) is 11.5 Å². The molecule has 4 N–H and O–H groups in total. The summed E-state index contributed by atoms with van der Waals surface area (Å²) in [6, 6.07) is 11.6. The lowest BCUT2D eigenvalue weighted by Crippen LogP contribution is -2.51. The fraction of sp³-hybridized carbons (Fsp3) is 0.345. The van der Waals surface area contributed by atoms with E-state index in [1.807, 2.05) is 0 Å². The van der Waals surface area contributed by atoms with Gasteiger partial charge in [-0.2, -0.15) is 18.4 Å². The van der Waals surface area contributed by atoms with Gasteiger partial charge in [-0.05, 0) is 80.8 Å². The van der Waals surface area contributed by atoms with E-state index in [0.717, 1.165) is 31.0 Å². The number of hydrogen-bond acceptors (Lipinski definition) is 7. The third-order valence-corrected chi connectivity index (χ3v) is 6.59. The highest BCUT2D eigenvalue weighted by Crippen LogP contribution is 2.40. The summed E-state index contributed by atoms with van der Waals surface area (Å²) in [5.74, 6) is -1.09. The Morgan fingerprint density at radius 1 is 1.15 bits per heavy atom. The molecule has 8 nitrogen and oxygen atoms in total. The van der Waals surface area contributed by atoms with Crippen molar-refractivity contribution in [2.75, 3.05) is 13.7 Å². The molecule has 1 aromatic heterocycles. The van der Waals surface area contributed by atoms with Gasteiger partial charge in [-0.15, -0.1) is 0 Å². The topological polar surface area (TPSA) is 130 Å². The predicted molar refractivity (Wildman–Crippen MR) is 140 cm³/mol. The molecular weight excluding hydrogens is 544 g/mol. The first-order chi connectivity index (χ1) is 19.2. The number of carbonyl (C=O) groups is 1. The number of hydrogen-bond donors (Lipinski definition) is 3. The van der Waals surface area contributed by atoms with Gasteiger partial charge in [-0.3, -0.25) is 4.79 Å². The van der Waals surface area contributed by atoms with E-state index in [1.165, 1.54) is 37.4 Å². The lowest BCUT2D eigenvalue weighted by atomic mass is 9.89. The Hall–Kier alpha value is -4.21. The summed E-state index contributed by atoms with van der Waals surface area (Å²) in [5, 5.41) is 22.4. The van der Waals surface area contributed by atoms with Gasteiger partial charge in [0.25, 0.3) is 5.91 Å². The van der Waals surface area contributed by atoms with Crippen LogP contribution in [0, 0.1) is 17.1 Å². The number of methoxy groups -OCH3 is 1. The summed E-state index contributed by atoms with van der Waals surface area (Å²) < 4.78 is 68.3. The number of nitriles is 1. The Labute approximate surface area is 233 Å². The van der Waals surface area contributed by atoms with Crippen LogP contribution in [0.3, 0.4) is 0 Å². The number of aromatic nitrogens is 1. The third kappa shape index (κ3) is 6.42. The van der Waals surface area contributed by atoms with Gasteiger partial charge in [0, 0.05) is 16.7 Å². The van der Waals surface area contributed by atoms with E-state index in [9.17, 15) is 32.7 Å². The number of nitrogens with zero attached hydrogens (tertiary/aromatic N) is 2. The highest BCUT2D eigenvalue weighted by Gasteiger charge is 2.56. The number of alkyl halides is 3. The summed E-state index contributed by atoms with van der Waals surface area (Å²) in [5.41, 5.74) is 0.372. The lowest BCUT2D eigenvalue weighted by Gasteiger charge is -2.32. The maximum absolute atomic E-state index is 14.5. The highest BCUT2D eigenvalue weighted by molar-refractivity contribution is 5.95. The largest absolute Gasteiger partial charge is 0.493 e. The first kappa shape index (κ1) is 29.8. The second kappa shape index (κ2) is 11.0. The van der Waals surface area contributed by atoms with Gasteiger partial charge in [-0.25, -0.2) is 9.37 Å². The van der Waals surface area contributed by atoms with Gasteiger partial charge < -0.3 is 25.6 Å². The molecule has 1 saturated carbocycles. The van der Waals surface area contributed by atoms with Crippen molar-refractivity contribution >= 4 is 5.91 Å². The van der Waals surface area contributed by atoms with Crippen molar-refractivity contribution in [3.8, 4) is 28.8 Å². The Balaban J connectivity index is 1.71. The zero-order valence-electron chi connectivity index (χ0n) is 22.5. The number of carbonyl (C=O) groups excluding carboxylic acids is 1. The molecule has 0 saturated heterocycles. The zero-order valence-corrected chi connectivity index (χ0v) is 22.5. The predicted octanol–water partition coefficient (Wildman–Crippen LogP) is 4.68. The molecule has 1 aliphatic rings. The van der Waals surface area contributed by atoms with Gasteiger partial charge in [-0.1, -0.05) is 0 Å². The number of pyridine rings is 1. The van der Waals surface area contributed by atoms with Crippen LogP contribution in [-0.2, 0) is 11.1 Å². The molecular formula is C29H28F4N4O4. The smallest absolute Gasteiger partial charge is 0.424 e. The van der Waals surface area contributed by atoms with E-state index in [0.29, 0.717) is 5.75 Å². The summed E-state index contributed by atoms with van der Waals surface area (Å²) in [7, 11) is 1.37. The number of nitrogens with two attached hydrogens (primary N) is 1. The number of amides is 1. The maximum Gasteiger partial charge on any atom is 0.424 e. The fourth-order valence-corrected chi connectivity index (χ4v) is 3.95. The van der Waals surface area contributed by atoms with Crippen LogP contribution in [-0.4, -0.2) is 41.9 Å². The first-order valence-electron chi connectivity index (χ1n) is 12.6. The van der Waals surface area contributed by atoms with Crippen LogP contribution in [0.5, 0.6) is 11.5 Å². The zero-order chi connectivity index (χ0) is 30.2. The van der Waals surface area contributed by atoms with Crippen LogP contribution < -0.4 is 20.5 Å². The average molecular weight is 573 g/mol. The van der Waals surface area contributed by atoms with E-state index in [2.05, 4.69) is 10.3 Å². The summed E-state index contributed by atoms with van der Waals surface area (Å²) in [6.45, 7) is 1.80. The first-order valence-corrected chi connectivity index (χ1v) is 12.6. The minimum atomic E-state index is -5.29. The van der Waals surface area contributed by atoms with Gasteiger partial charge in [0.05, 0.1) is 36.7 Å². The van der Waals surface area contributed by atoms with Crippen LogP contribution in [0.15, 0.2) is 48.5 Å². The molecule has 1 amide bonds. The molecule has 0 bridgehead atoms.